The van der Waals surface area contributed by atoms with Crippen molar-refractivity contribution in [1.82, 2.24) is 15.0 Å². The topological polar surface area (TPSA) is 80.5 Å². The Morgan fingerprint density at radius 3 is 2.67 bits per heavy atom. The predicted molar refractivity (Wildman–Crippen MR) is 115 cm³/mol. The van der Waals surface area contributed by atoms with Crippen molar-refractivity contribution >= 4 is 34.8 Å². The first-order chi connectivity index (χ1) is 14.5. The largest absolute Gasteiger partial charge is 0.497 e. The molecule has 0 spiro atoms. The number of nitrogens with one attached hydrogen (secondary N) is 1. The van der Waals surface area contributed by atoms with E-state index in [9.17, 15) is 4.79 Å². The Labute approximate surface area is 183 Å². The van der Waals surface area contributed by atoms with Crippen molar-refractivity contribution in [3.05, 3.63) is 58.4 Å². The summed E-state index contributed by atoms with van der Waals surface area (Å²) in [7, 11) is 1.62. The lowest BCUT2D eigenvalue weighted by Crippen LogP contribution is -2.39. The highest BCUT2D eigenvalue weighted by Gasteiger charge is 2.32. The lowest BCUT2D eigenvalue weighted by atomic mass is 10.2. The smallest absolute Gasteiger partial charge is 0.241 e. The fourth-order valence-corrected chi connectivity index (χ4v) is 4.04. The zero-order chi connectivity index (χ0) is 21.1. The highest BCUT2D eigenvalue weighted by atomic mass is 35.5. The Morgan fingerprint density at radius 2 is 1.97 bits per heavy atom. The van der Waals surface area contributed by atoms with Crippen LogP contribution in [-0.2, 0) is 11.3 Å². The second kappa shape index (κ2) is 9.04. The van der Waals surface area contributed by atoms with Crippen LogP contribution in [0.4, 0.5) is 5.69 Å². The molecule has 0 bridgehead atoms. The van der Waals surface area contributed by atoms with Crippen LogP contribution in [-0.4, -0.2) is 40.6 Å². The Morgan fingerprint density at radius 1 is 1.23 bits per heavy atom. The van der Waals surface area contributed by atoms with Gasteiger partial charge in [0, 0.05) is 21.3 Å². The highest BCUT2D eigenvalue weighted by molar-refractivity contribution is 6.35. The Balaban J connectivity index is 1.42. The number of methoxy groups -OCH3 is 1. The Bertz CT molecular complexity index is 1020. The molecule has 1 atom stereocenters. The van der Waals surface area contributed by atoms with Crippen molar-refractivity contribution in [3.63, 3.8) is 0 Å². The quantitative estimate of drug-likeness (QED) is 0.593. The fraction of sp³-hybridized carbons (Fsp3) is 0.286. The van der Waals surface area contributed by atoms with Crippen LogP contribution in [0.2, 0.25) is 10.0 Å². The second-order valence-corrected chi connectivity index (χ2v) is 7.89. The third-order valence-corrected chi connectivity index (χ3v) is 5.39. The average Bonchev–Trinajstić information content (AvgIpc) is 3.37. The number of hydrogen-bond donors (Lipinski definition) is 1. The van der Waals surface area contributed by atoms with Crippen LogP contribution < -0.4 is 10.1 Å². The van der Waals surface area contributed by atoms with E-state index in [0.717, 1.165) is 30.7 Å². The van der Waals surface area contributed by atoms with E-state index in [1.165, 1.54) is 0 Å². The molecule has 30 heavy (non-hydrogen) atoms. The molecule has 0 saturated carbocycles. The van der Waals surface area contributed by atoms with Gasteiger partial charge in [-0.25, -0.2) is 0 Å². The van der Waals surface area contributed by atoms with Crippen molar-refractivity contribution in [2.45, 2.75) is 25.4 Å². The number of amides is 1. The zero-order valence-electron chi connectivity index (χ0n) is 16.3. The van der Waals surface area contributed by atoms with Crippen LogP contribution in [0.5, 0.6) is 5.75 Å². The number of ether oxygens (including phenoxy) is 1. The molecule has 1 saturated heterocycles. The van der Waals surface area contributed by atoms with Gasteiger partial charge in [0.1, 0.15) is 5.75 Å². The molecule has 1 aromatic heterocycles. The molecule has 1 unspecified atom stereocenters. The lowest BCUT2D eigenvalue weighted by molar-refractivity contribution is -0.120. The Hall–Kier alpha value is -2.61. The SMILES string of the molecule is COc1ccc(-c2noc(CN3CCCC3C(=O)Nc3cc(Cl)cc(Cl)c3)n2)cc1. The minimum absolute atomic E-state index is 0.110. The van der Waals surface area contributed by atoms with Crippen LogP contribution in [0.3, 0.4) is 0 Å². The minimum Gasteiger partial charge on any atom is -0.497 e. The molecule has 1 amide bonds. The zero-order valence-corrected chi connectivity index (χ0v) is 17.8. The van der Waals surface area contributed by atoms with Crippen LogP contribution in [0.1, 0.15) is 18.7 Å². The molecule has 0 radical (unpaired) electrons. The molecule has 1 N–H and O–H groups in total. The molecule has 1 fully saturated rings. The van der Waals surface area contributed by atoms with Gasteiger partial charge in [-0.15, -0.1) is 0 Å². The van der Waals surface area contributed by atoms with Crippen LogP contribution in [0.25, 0.3) is 11.4 Å². The molecule has 3 aromatic rings. The van der Waals surface area contributed by atoms with E-state index in [1.807, 2.05) is 29.2 Å². The summed E-state index contributed by atoms with van der Waals surface area (Å²) in [6.07, 6.45) is 1.66. The second-order valence-electron chi connectivity index (χ2n) is 7.02. The maximum absolute atomic E-state index is 12.8. The summed E-state index contributed by atoms with van der Waals surface area (Å²) in [5.41, 5.74) is 1.41. The van der Waals surface area contributed by atoms with Gasteiger partial charge in [0.15, 0.2) is 0 Å². The van der Waals surface area contributed by atoms with Gasteiger partial charge in [-0.1, -0.05) is 28.4 Å². The van der Waals surface area contributed by atoms with Crippen molar-refractivity contribution in [2.24, 2.45) is 0 Å². The number of benzene rings is 2. The number of halogens is 2. The maximum atomic E-state index is 12.8. The van der Waals surface area contributed by atoms with E-state index in [4.69, 9.17) is 32.5 Å². The number of aromatic nitrogens is 2. The summed E-state index contributed by atoms with van der Waals surface area (Å²) in [6, 6.07) is 12.1. The monoisotopic (exact) mass is 446 g/mol. The van der Waals surface area contributed by atoms with Gasteiger partial charge in [-0.3, -0.25) is 9.69 Å². The van der Waals surface area contributed by atoms with Crippen molar-refractivity contribution < 1.29 is 14.1 Å². The van der Waals surface area contributed by atoms with Crippen LogP contribution in [0, 0.1) is 0 Å². The number of likely N-dealkylation sites (tertiary alicyclic amines) is 1. The third kappa shape index (κ3) is 4.75. The molecule has 2 heterocycles. The number of carbonyl (C=O) groups is 1. The number of nitrogens with zero attached hydrogens (tertiary/aromatic N) is 3. The van der Waals surface area contributed by atoms with Gasteiger partial charge in [0.2, 0.25) is 17.6 Å². The number of rotatable bonds is 6. The van der Waals surface area contributed by atoms with Gasteiger partial charge in [0.25, 0.3) is 0 Å². The van der Waals surface area contributed by atoms with Crippen molar-refractivity contribution in [1.29, 1.82) is 0 Å². The van der Waals surface area contributed by atoms with Gasteiger partial charge in [0.05, 0.1) is 19.7 Å². The van der Waals surface area contributed by atoms with Crippen molar-refractivity contribution in [2.75, 3.05) is 19.0 Å². The number of carbonyl (C=O) groups excluding carboxylic acids is 1. The van der Waals surface area contributed by atoms with Crippen LogP contribution >= 0.6 is 23.2 Å². The summed E-state index contributed by atoms with van der Waals surface area (Å²) in [4.78, 5) is 19.3. The molecular weight excluding hydrogens is 427 g/mol. The minimum atomic E-state index is -0.293. The molecule has 9 heteroatoms. The summed E-state index contributed by atoms with van der Waals surface area (Å²) < 4.78 is 10.6. The summed E-state index contributed by atoms with van der Waals surface area (Å²) in [6.45, 7) is 1.17. The molecule has 2 aromatic carbocycles. The van der Waals surface area contributed by atoms with Gasteiger partial charge < -0.3 is 14.6 Å². The molecular formula is C21H20Cl2N4O3. The van der Waals surface area contributed by atoms with E-state index in [1.54, 1.807) is 25.3 Å². The third-order valence-electron chi connectivity index (χ3n) is 4.95. The molecule has 156 valence electrons. The average molecular weight is 447 g/mol. The van der Waals surface area contributed by atoms with E-state index >= 15 is 0 Å². The summed E-state index contributed by atoms with van der Waals surface area (Å²) in [5.74, 6) is 1.61. The normalized spacial score (nSPS) is 16.6. The summed E-state index contributed by atoms with van der Waals surface area (Å²) in [5, 5.41) is 7.89. The Kier molecular flexibility index (Phi) is 6.22. The molecule has 4 rings (SSSR count). The van der Waals surface area contributed by atoms with Crippen LogP contribution in [0.15, 0.2) is 47.0 Å². The predicted octanol–water partition coefficient (Wildman–Crippen LogP) is 4.66. The van der Waals surface area contributed by atoms with E-state index in [2.05, 4.69) is 15.5 Å². The molecule has 1 aliphatic rings. The van der Waals surface area contributed by atoms with Gasteiger partial charge >= 0.3 is 0 Å². The standard InChI is InChI=1S/C21H20Cl2N4O3/c1-29-17-6-4-13(5-7-17)20-25-19(30-26-20)12-27-8-2-3-18(27)21(28)24-16-10-14(22)9-15(23)11-16/h4-7,9-11,18H,2-3,8,12H2,1H3,(H,24,28). The maximum Gasteiger partial charge on any atom is 0.241 e. The highest BCUT2D eigenvalue weighted by Crippen LogP contribution is 2.26. The van der Waals surface area contributed by atoms with E-state index in [-0.39, 0.29) is 11.9 Å². The number of hydrogen-bond acceptors (Lipinski definition) is 6. The van der Waals surface area contributed by atoms with Gasteiger partial charge in [-0.2, -0.15) is 4.98 Å². The van der Waals surface area contributed by atoms with Crippen molar-refractivity contribution in [3.8, 4) is 17.1 Å². The van der Waals surface area contributed by atoms with E-state index in [0.29, 0.717) is 34.0 Å². The fourth-order valence-electron chi connectivity index (χ4n) is 3.51. The number of anilines is 1. The summed E-state index contributed by atoms with van der Waals surface area (Å²) >= 11 is 12.0. The molecule has 7 nitrogen and oxygen atoms in total. The first kappa shape index (κ1) is 20.7. The first-order valence-electron chi connectivity index (χ1n) is 9.50. The molecule has 1 aliphatic heterocycles. The molecule has 0 aliphatic carbocycles. The van der Waals surface area contributed by atoms with E-state index < -0.39 is 0 Å². The lowest BCUT2D eigenvalue weighted by Gasteiger charge is -2.22. The van der Waals surface area contributed by atoms with Gasteiger partial charge in [-0.05, 0) is 61.9 Å². The first-order valence-corrected chi connectivity index (χ1v) is 10.3.